The van der Waals surface area contributed by atoms with Gasteiger partial charge in [-0.25, -0.2) is 13.0 Å². The lowest BCUT2D eigenvalue weighted by Crippen LogP contribution is -2.14. The summed E-state index contributed by atoms with van der Waals surface area (Å²) < 4.78 is 88.2. The van der Waals surface area contributed by atoms with Gasteiger partial charge in [0.05, 0.1) is 26.3 Å². The number of halogens is 6. The predicted octanol–water partition coefficient (Wildman–Crippen LogP) is 6.39. The number of fused-ring (bicyclic) bond motifs is 1. The van der Waals surface area contributed by atoms with Crippen molar-refractivity contribution in [2.75, 3.05) is 5.32 Å². The van der Waals surface area contributed by atoms with E-state index in [9.17, 15) is 31.3 Å². The van der Waals surface area contributed by atoms with Crippen molar-refractivity contribution in [2.24, 2.45) is 0 Å². The molecule has 0 spiro atoms. The maximum absolute atomic E-state index is 13.8. The fourth-order valence-electron chi connectivity index (χ4n) is 3.90. The van der Waals surface area contributed by atoms with Crippen LogP contribution in [-0.2, 0) is 21.7 Å². The van der Waals surface area contributed by atoms with Crippen LogP contribution in [-0.4, -0.2) is 9.32 Å². The number of aliphatic hydroxyl groups excluding tert-OH is 1. The Kier molecular flexibility index (Phi) is 5.88. The van der Waals surface area contributed by atoms with Gasteiger partial charge in [-0.1, -0.05) is 23.7 Å². The summed E-state index contributed by atoms with van der Waals surface area (Å²) in [5.74, 6) is -2.05. The monoisotopic (exact) mass is 502 g/mol. The van der Waals surface area contributed by atoms with Crippen LogP contribution >= 0.6 is 11.6 Å². The molecule has 0 bridgehead atoms. The van der Waals surface area contributed by atoms with Crippen LogP contribution in [0.3, 0.4) is 0 Å². The summed E-state index contributed by atoms with van der Waals surface area (Å²) in [5, 5.41) is 12.2. The molecule has 3 N–H and O–H groups in total. The lowest BCUT2D eigenvalue weighted by molar-refractivity contribution is -0.137. The third kappa shape index (κ3) is 4.55. The molecule has 1 heterocycles. The smallest absolute Gasteiger partial charge is 0.369 e. The minimum Gasteiger partial charge on any atom is -0.369 e. The van der Waals surface area contributed by atoms with Gasteiger partial charge in [-0.05, 0) is 59.2 Å². The minimum absolute atomic E-state index is 0.132. The zero-order valence-electron chi connectivity index (χ0n) is 16.6. The van der Waals surface area contributed by atoms with E-state index >= 15 is 0 Å². The van der Waals surface area contributed by atoms with Crippen LogP contribution in [0.1, 0.15) is 39.3 Å². The van der Waals surface area contributed by atoms with Gasteiger partial charge in [-0.15, -0.1) is 0 Å². The lowest BCUT2D eigenvalue weighted by atomic mass is 9.98. The Morgan fingerprint density at radius 2 is 1.79 bits per heavy atom. The molecular weight excluding hydrogens is 487 g/mol. The number of nitrogens with one attached hydrogen (secondary N) is 2. The highest BCUT2D eigenvalue weighted by Gasteiger charge is 2.38. The van der Waals surface area contributed by atoms with E-state index in [2.05, 4.69) is 5.32 Å². The average Bonchev–Trinajstić information content (AvgIpc) is 2.99. The van der Waals surface area contributed by atoms with Gasteiger partial charge in [0.25, 0.3) is 0 Å². The van der Waals surface area contributed by atoms with Crippen molar-refractivity contribution in [1.29, 1.82) is 4.78 Å². The number of anilines is 1. The Hall–Kier alpha value is -2.69. The number of benzene rings is 3. The fourth-order valence-corrected chi connectivity index (χ4v) is 6.35. The second-order valence-corrected chi connectivity index (χ2v) is 10.2. The van der Waals surface area contributed by atoms with Gasteiger partial charge in [0.15, 0.2) is 6.23 Å². The van der Waals surface area contributed by atoms with E-state index in [0.717, 1.165) is 18.2 Å². The maximum Gasteiger partial charge on any atom is 0.416 e. The van der Waals surface area contributed by atoms with Crippen molar-refractivity contribution in [2.45, 2.75) is 23.4 Å². The first-order chi connectivity index (χ1) is 15.4. The van der Waals surface area contributed by atoms with E-state index in [4.69, 9.17) is 16.4 Å². The molecule has 3 atom stereocenters. The Morgan fingerprint density at radius 3 is 2.48 bits per heavy atom. The number of aliphatic hydroxyl groups is 1. The summed E-state index contributed by atoms with van der Waals surface area (Å²) >= 11 is 6.18. The molecule has 0 fully saturated rings. The minimum atomic E-state index is -4.81. The van der Waals surface area contributed by atoms with E-state index in [1.807, 2.05) is 0 Å². The van der Waals surface area contributed by atoms with Crippen LogP contribution in [0.4, 0.5) is 27.6 Å². The first-order valence-electron chi connectivity index (χ1n) is 9.51. The summed E-state index contributed by atoms with van der Waals surface area (Å²) in [6.45, 7) is 0. The molecule has 4 rings (SSSR count). The number of hydrogen-bond donors (Lipinski definition) is 3. The molecule has 4 nitrogen and oxygen atoms in total. The first-order valence-corrected chi connectivity index (χ1v) is 11.7. The van der Waals surface area contributed by atoms with Crippen molar-refractivity contribution in [3.05, 3.63) is 99.1 Å². The van der Waals surface area contributed by atoms with Crippen LogP contribution < -0.4 is 5.32 Å². The Balaban J connectivity index is 1.73. The van der Waals surface area contributed by atoms with Gasteiger partial charge in [0, 0.05) is 16.3 Å². The van der Waals surface area contributed by atoms with Crippen LogP contribution in [0.5, 0.6) is 0 Å². The molecule has 3 aromatic rings. The van der Waals surface area contributed by atoms with Crippen LogP contribution in [0.15, 0.2) is 54.6 Å². The quantitative estimate of drug-likeness (QED) is 0.286. The normalized spacial score (nSPS) is 21.0. The number of hydrogen-bond acceptors (Lipinski definition) is 4. The largest absolute Gasteiger partial charge is 0.416 e. The first kappa shape index (κ1) is 23.5. The zero-order valence-corrected chi connectivity index (χ0v) is 18.2. The third-order valence-electron chi connectivity index (χ3n) is 5.33. The van der Waals surface area contributed by atoms with E-state index in [-0.39, 0.29) is 27.6 Å². The topological polar surface area (TPSA) is 73.2 Å². The molecule has 0 radical (unpaired) electrons. The standard InChI is InChI=1S/C22H16ClF5N2O2S/c23-18-5-4-13(24)9-16(18)20-15-2-1-3-19(17(15)10-33(20,29)32)30-21(31)11-6-12(22(26,27)28)8-14(25)7-11/h1-9,20-21,29-31H,10H2. The Bertz CT molecular complexity index is 1350. The highest BCUT2D eigenvalue weighted by atomic mass is 35.5. The summed E-state index contributed by atoms with van der Waals surface area (Å²) in [4.78, 5) is 0. The molecule has 1 aliphatic heterocycles. The summed E-state index contributed by atoms with van der Waals surface area (Å²) in [7, 11) is -3.38. The fraction of sp³-hybridized carbons (Fsp3) is 0.182. The van der Waals surface area contributed by atoms with Gasteiger partial charge in [-0.2, -0.15) is 13.2 Å². The summed E-state index contributed by atoms with van der Waals surface area (Å²) in [5.41, 5.74) is -0.467. The SMILES string of the molecule is N=S1(=O)Cc2c(NC(O)c3cc(F)cc(C(F)(F)F)c3)cccc2C1c1cc(F)ccc1Cl. The molecule has 0 aromatic heterocycles. The molecule has 0 amide bonds. The van der Waals surface area contributed by atoms with Gasteiger partial charge in [0.2, 0.25) is 0 Å². The molecule has 3 unspecified atom stereocenters. The number of alkyl halides is 3. The Morgan fingerprint density at radius 1 is 1.06 bits per heavy atom. The molecule has 33 heavy (non-hydrogen) atoms. The average molecular weight is 503 g/mol. The van der Waals surface area contributed by atoms with Gasteiger partial charge >= 0.3 is 6.18 Å². The van der Waals surface area contributed by atoms with Crippen LogP contribution in [0, 0.1) is 16.4 Å². The predicted molar refractivity (Wildman–Crippen MR) is 114 cm³/mol. The molecular formula is C22H16ClF5N2O2S. The Labute approximate surface area is 191 Å². The molecule has 11 heteroatoms. The molecule has 174 valence electrons. The number of rotatable bonds is 4. The van der Waals surface area contributed by atoms with E-state index < -0.39 is 44.6 Å². The summed E-state index contributed by atoms with van der Waals surface area (Å²) in [6.07, 6.45) is -6.54. The van der Waals surface area contributed by atoms with E-state index in [1.54, 1.807) is 6.07 Å². The van der Waals surface area contributed by atoms with Gasteiger partial charge < -0.3 is 10.4 Å². The third-order valence-corrected chi connectivity index (χ3v) is 7.66. The maximum atomic E-state index is 13.8. The van der Waals surface area contributed by atoms with Gasteiger partial charge in [0.1, 0.15) is 11.6 Å². The highest BCUT2D eigenvalue weighted by molar-refractivity contribution is 7.92. The second-order valence-electron chi connectivity index (χ2n) is 7.61. The molecule has 3 aromatic carbocycles. The highest BCUT2D eigenvalue weighted by Crippen LogP contribution is 2.46. The lowest BCUT2D eigenvalue weighted by Gasteiger charge is -2.19. The van der Waals surface area contributed by atoms with E-state index in [1.165, 1.54) is 18.2 Å². The molecule has 0 saturated carbocycles. The zero-order chi connectivity index (χ0) is 24.1. The molecule has 0 aliphatic carbocycles. The van der Waals surface area contributed by atoms with Crippen molar-refractivity contribution in [1.82, 2.24) is 0 Å². The second kappa shape index (κ2) is 8.27. The van der Waals surface area contributed by atoms with Crippen molar-refractivity contribution >= 4 is 27.0 Å². The summed E-state index contributed by atoms with van der Waals surface area (Å²) in [6, 6.07) is 9.84. The van der Waals surface area contributed by atoms with Gasteiger partial charge in [-0.3, -0.25) is 4.78 Å². The molecule has 0 saturated heterocycles. The van der Waals surface area contributed by atoms with Crippen molar-refractivity contribution in [3.63, 3.8) is 0 Å². The van der Waals surface area contributed by atoms with Crippen LogP contribution in [0.25, 0.3) is 0 Å². The van der Waals surface area contributed by atoms with E-state index in [0.29, 0.717) is 23.3 Å². The van der Waals surface area contributed by atoms with Crippen LogP contribution in [0.2, 0.25) is 5.02 Å². The van der Waals surface area contributed by atoms with Crippen molar-refractivity contribution < 1.29 is 31.3 Å². The van der Waals surface area contributed by atoms with Crippen molar-refractivity contribution in [3.8, 4) is 0 Å². The molecule has 1 aliphatic rings.